The molecule has 5 nitrogen and oxygen atoms in total. The predicted molar refractivity (Wildman–Crippen MR) is 35.5 cm³/mol. The molecule has 0 radical (unpaired) electrons. The van der Waals surface area contributed by atoms with Gasteiger partial charge in [0.05, 0.1) is 19.3 Å². The van der Waals surface area contributed by atoms with Crippen molar-refractivity contribution in [2.75, 3.05) is 13.2 Å². The van der Waals surface area contributed by atoms with Gasteiger partial charge in [-0.15, -0.1) is 0 Å². The molecule has 10 heavy (non-hydrogen) atoms. The van der Waals surface area contributed by atoms with Crippen molar-refractivity contribution >= 4 is 5.97 Å². The molecule has 0 saturated heterocycles. The lowest BCUT2D eigenvalue weighted by atomic mass is 10.4. The summed E-state index contributed by atoms with van der Waals surface area (Å²) in [7, 11) is 0. The van der Waals surface area contributed by atoms with E-state index in [1.165, 1.54) is 0 Å². The summed E-state index contributed by atoms with van der Waals surface area (Å²) in [5.74, 6) is -0.833. The van der Waals surface area contributed by atoms with E-state index in [1.807, 2.05) is 0 Å². The number of nitrogens with two attached hydrogens (primary N) is 1. The smallest absolute Gasteiger partial charge is 0.300 e. The zero-order chi connectivity index (χ0) is 8.57. The first-order valence-corrected chi connectivity index (χ1v) is 2.71. The van der Waals surface area contributed by atoms with Gasteiger partial charge in [0.25, 0.3) is 5.97 Å². The summed E-state index contributed by atoms with van der Waals surface area (Å²) < 4.78 is 0. The lowest BCUT2D eigenvalue weighted by Gasteiger charge is -1.98. The number of carbonyl (C=O) groups is 1. The molecule has 5 heteroatoms. The fourth-order valence-corrected chi connectivity index (χ4v) is 0.0577. The highest BCUT2D eigenvalue weighted by Crippen LogP contribution is 1.66. The van der Waals surface area contributed by atoms with Gasteiger partial charge in [-0.2, -0.15) is 0 Å². The van der Waals surface area contributed by atoms with Crippen molar-refractivity contribution in [2.24, 2.45) is 5.73 Å². The average Bonchev–Trinajstić information content (AvgIpc) is 1.85. The Hall–Kier alpha value is -0.650. The number of carboxylic acids is 1. The molecule has 0 aliphatic rings. The third kappa shape index (κ3) is 26.4. The van der Waals surface area contributed by atoms with Crippen LogP contribution in [0.3, 0.4) is 0 Å². The van der Waals surface area contributed by atoms with Crippen LogP contribution in [0.2, 0.25) is 0 Å². The first-order valence-electron chi connectivity index (χ1n) is 2.71. The molecule has 0 aromatic heterocycles. The summed E-state index contributed by atoms with van der Waals surface area (Å²) in [6.07, 6.45) is 0. The SMILES string of the molecule is CC(=O)O.NC(CO)CO. The summed E-state index contributed by atoms with van der Waals surface area (Å²) in [5.41, 5.74) is 4.97. The normalized spacial score (nSPS) is 8.50. The molecule has 0 heterocycles. The van der Waals surface area contributed by atoms with E-state index in [4.69, 9.17) is 25.8 Å². The molecule has 0 aliphatic heterocycles. The van der Waals surface area contributed by atoms with Gasteiger partial charge < -0.3 is 21.1 Å². The van der Waals surface area contributed by atoms with Crippen molar-refractivity contribution < 1.29 is 20.1 Å². The molecular formula is C5H13NO4. The van der Waals surface area contributed by atoms with Crippen LogP contribution in [0, 0.1) is 0 Å². The number of hydrogen-bond acceptors (Lipinski definition) is 4. The molecule has 0 unspecified atom stereocenters. The molecule has 0 amide bonds. The predicted octanol–water partition coefficient (Wildman–Crippen LogP) is -1.61. The monoisotopic (exact) mass is 151 g/mol. The lowest BCUT2D eigenvalue weighted by Crippen LogP contribution is -2.27. The minimum Gasteiger partial charge on any atom is -0.481 e. The quantitative estimate of drug-likeness (QED) is 0.380. The van der Waals surface area contributed by atoms with Crippen LogP contribution in [-0.4, -0.2) is 40.5 Å². The van der Waals surface area contributed by atoms with E-state index in [1.54, 1.807) is 0 Å². The van der Waals surface area contributed by atoms with Crippen LogP contribution < -0.4 is 5.73 Å². The van der Waals surface area contributed by atoms with Crippen molar-refractivity contribution in [1.29, 1.82) is 0 Å². The van der Waals surface area contributed by atoms with Gasteiger partial charge in [-0.05, 0) is 0 Å². The maximum atomic E-state index is 9.00. The van der Waals surface area contributed by atoms with Gasteiger partial charge in [0.1, 0.15) is 0 Å². The van der Waals surface area contributed by atoms with E-state index in [2.05, 4.69) is 0 Å². The number of aliphatic hydroxyl groups is 2. The summed E-state index contributed by atoms with van der Waals surface area (Å²) >= 11 is 0. The largest absolute Gasteiger partial charge is 0.481 e. The first kappa shape index (κ1) is 12.1. The lowest BCUT2D eigenvalue weighted by molar-refractivity contribution is -0.134. The van der Waals surface area contributed by atoms with Crippen molar-refractivity contribution in [2.45, 2.75) is 13.0 Å². The summed E-state index contributed by atoms with van der Waals surface area (Å²) in [5, 5.41) is 23.5. The Morgan fingerprint density at radius 1 is 1.50 bits per heavy atom. The first-order chi connectivity index (χ1) is 4.54. The maximum absolute atomic E-state index is 9.00. The van der Waals surface area contributed by atoms with Crippen LogP contribution in [0.4, 0.5) is 0 Å². The van der Waals surface area contributed by atoms with Crippen molar-refractivity contribution in [3.63, 3.8) is 0 Å². The molecule has 0 rings (SSSR count). The molecule has 0 saturated carbocycles. The minimum atomic E-state index is -0.833. The van der Waals surface area contributed by atoms with Crippen molar-refractivity contribution in [3.8, 4) is 0 Å². The van der Waals surface area contributed by atoms with Crippen LogP contribution in [0.5, 0.6) is 0 Å². The highest BCUT2D eigenvalue weighted by atomic mass is 16.4. The highest BCUT2D eigenvalue weighted by Gasteiger charge is 1.91. The van der Waals surface area contributed by atoms with E-state index < -0.39 is 12.0 Å². The van der Waals surface area contributed by atoms with E-state index in [0.29, 0.717) is 0 Å². The number of hydrogen-bond donors (Lipinski definition) is 4. The van der Waals surface area contributed by atoms with Gasteiger partial charge in [0, 0.05) is 6.92 Å². The van der Waals surface area contributed by atoms with Gasteiger partial charge in [0.2, 0.25) is 0 Å². The van der Waals surface area contributed by atoms with Gasteiger partial charge in [0.15, 0.2) is 0 Å². The molecule has 0 aliphatic carbocycles. The Labute approximate surface area is 59.1 Å². The maximum Gasteiger partial charge on any atom is 0.300 e. The number of aliphatic hydroxyl groups excluding tert-OH is 2. The summed E-state index contributed by atoms with van der Waals surface area (Å²) in [4.78, 5) is 9.00. The van der Waals surface area contributed by atoms with Gasteiger partial charge in [-0.3, -0.25) is 4.79 Å². The van der Waals surface area contributed by atoms with E-state index in [-0.39, 0.29) is 13.2 Å². The van der Waals surface area contributed by atoms with Crippen LogP contribution in [0.25, 0.3) is 0 Å². The molecule has 0 aromatic rings. The molecule has 5 N–H and O–H groups in total. The zero-order valence-electron chi connectivity index (χ0n) is 5.82. The Bertz CT molecular complexity index is 77.7. The van der Waals surface area contributed by atoms with E-state index in [9.17, 15) is 0 Å². The van der Waals surface area contributed by atoms with Crippen molar-refractivity contribution in [3.05, 3.63) is 0 Å². The molecule has 0 spiro atoms. The number of aliphatic carboxylic acids is 1. The molecule has 0 fully saturated rings. The standard InChI is InChI=1S/C3H9NO2.C2H4O2/c4-3(1-5)2-6;1-2(3)4/h3,5-6H,1-2,4H2;1H3,(H,3,4). The zero-order valence-corrected chi connectivity index (χ0v) is 5.82. The van der Waals surface area contributed by atoms with Crippen LogP contribution in [0.1, 0.15) is 6.92 Å². The number of rotatable bonds is 2. The number of carboxylic acid groups (broad SMARTS) is 1. The Kier molecular flexibility index (Phi) is 10.1. The fraction of sp³-hybridized carbons (Fsp3) is 0.800. The van der Waals surface area contributed by atoms with Crippen LogP contribution in [-0.2, 0) is 4.79 Å². The molecule has 0 bridgehead atoms. The van der Waals surface area contributed by atoms with Gasteiger partial charge in [-0.25, -0.2) is 0 Å². The van der Waals surface area contributed by atoms with Crippen LogP contribution >= 0.6 is 0 Å². The molecule has 62 valence electrons. The molecule has 0 atom stereocenters. The average molecular weight is 151 g/mol. The van der Waals surface area contributed by atoms with Crippen molar-refractivity contribution in [1.82, 2.24) is 0 Å². The van der Waals surface area contributed by atoms with Gasteiger partial charge >= 0.3 is 0 Å². The highest BCUT2D eigenvalue weighted by molar-refractivity contribution is 5.62. The topological polar surface area (TPSA) is 104 Å². The Balaban J connectivity index is 0. The Morgan fingerprint density at radius 2 is 1.70 bits per heavy atom. The second-order valence-corrected chi connectivity index (χ2v) is 1.64. The third-order valence-electron chi connectivity index (χ3n) is 0.469. The molecule has 0 aromatic carbocycles. The van der Waals surface area contributed by atoms with E-state index in [0.717, 1.165) is 6.92 Å². The summed E-state index contributed by atoms with van der Waals surface area (Å²) in [6, 6.07) is -0.454. The minimum absolute atomic E-state index is 0.142. The van der Waals surface area contributed by atoms with E-state index >= 15 is 0 Å². The fourth-order valence-electron chi connectivity index (χ4n) is 0.0577. The summed E-state index contributed by atoms with van der Waals surface area (Å²) in [6.45, 7) is 0.799. The second-order valence-electron chi connectivity index (χ2n) is 1.64. The second kappa shape index (κ2) is 8.35. The van der Waals surface area contributed by atoms with Gasteiger partial charge in [-0.1, -0.05) is 0 Å². The third-order valence-corrected chi connectivity index (χ3v) is 0.469. The molecular weight excluding hydrogens is 138 g/mol. The Morgan fingerprint density at radius 3 is 1.70 bits per heavy atom. The van der Waals surface area contributed by atoms with Crippen LogP contribution in [0.15, 0.2) is 0 Å².